The van der Waals surface area contributed by atoms with Crippen LogP contribution in [0.5, 0.6) is 0 Å². The van der Waals surface area contributed by atoms with E-state index in [0.29, 0.717) is 18.4 Å². The van der Waals surface area contributed by atoms with Crippen molar-refractivity contribution in [3.63, 3.8) is 0 Å². The van der Waals surface area contributed by atoms with E-state index in [2.05, 4.69) is 51.0 Å². The number of carbonyl (C=O) groups is 1. The molecule has 2 saturated heterocycles. The van der Waals surface area contributed by atoms with Gasteiger partial charge in [0.05, 0.1) is 17.1 Å². The molecule has 1 N–H and O–H groups in total. The van der Waals surface area contributed by atoms with Crippen molar-refractivity contribution in [2.24, 2.45) is 11.8 Å². The fourth-order valence-electron chi connectivity index (χ4n) is 5.12. The van der Waals surface area contributed by atoms with E-state index < -0.39 is 0 Å². The number of para-hydroxylation sites is 2. The first-order valence-electron chi connectivity index (χ1n) is 10.1. The van der Waals surface area contributed by atoms with Crippen molar-refractivity contribution in [3.05, 3.63) is 65.5 Å². The van der Waals surface area contributed by atoms with E-state index in [4.69, 9.17) is 0 Å². The summed E-state index contributed by atoms with van der Waals surface area (Å²) in [5, 5.41) is 3.53. The summed E-state index contributed by atoms with van der Waals surface area (Å²) >= 11 is 0. The smallest absolute Gasteiger partial charge is 0.243 e. The van der Waals surface area contributed by atoms with Crippen molar-refractivity contribution >= 4 is 16.9 Å². The van der Waals surface area contributed by atoms with Crippen LogP contribution in [0.2, 0.25) is 0 Å². The second-order valence-corrected chi connectivity index (χ2v) is 8.16. The SMILES string of the molecule is Cc1ccccc1[C@@H]1[C@H]2CNC[C@H]2CN1C(=O)Cn1c(C)nc2ccccc21. The van der Waals surface area contributed by atoms with Crippen LogP contribution in [0.25, 0.3) is 11.0 Å². The van der Waals surface area contributed by atoms with E-state index in [1.54, 1.807) is 0 Å². The Labute approximate surface area is 165 Å². The summed E-state index contributed by atoms with van der Waals surface area (Å²) in [4.78, 5) is 20.2. The van der Waals surface area contributed by atoms with Gasteiger partial charge in [0.15, 0.2) is 0 Å². The third-order valence-electron chi connectivity index (χ3n) is 6.53. The van der Waals surface area contributed by atoms with Crippen LogP contribution in [0.3, 0.4) is 0 Å². The number of amides is 1. The highest BCUT2D eigenvalue weighted by Crippen LogP contribution is 2.43. The predicted molar refractivity (Wildman–Crippen MR) is 110 cm³/mol. The van der Waals surface area contributed by atoms with Gasteiger partial charge in [0.25, 0.3) is 0 Å². The first-order valence-corrected chi connectivity index (χ1v) is 10.1. The predicted octanol–water partition coefficient (Wildman–Crippen LogP) is 3.07. The van der Waals surface area contributed by atoms with E-state index in [9.17, 15) is 4.79 Å². The molecule has 1 aromatic heterocycles. The lowest BCUT2D eigenvalue weighted by Crippen LogP contribution is -2.37. The van der Waals surface area contributed by atoms with Crippen LogP contribution in [0.15, 0.2) is 48.5 Å². The van der Waals surface area contributed by atoms with Gasteiger partial charge in [-0.15, -0.1) is 0 Å². The average Bonchev–Trinajstić information content (AvgIpc) is 3.36. The zero-order chi connectivity index (χ0) is 19.3. The molecule has 0 radical (unpaired) electrons. The van der Waals surface area contributed by atoms with Crippen LogP contribution in [0.1, 0.15) is 23.0 Å². The molecule has 5 nitrogen and oxygen atoms in total. The number of rotatable bonds is 3. The quantitative estimate of drug-likeness (QED) is 0.767. The normalized spacial score (nSPS) is 24.1. The summed E-state index contributed by atoms with van der Waals surface area (Å²) in [6.45, 7) is 7.31. The Morgan fingerprint density at radius 1 is 1.11 bits per heavy atom. The summed E-state index contributed by atoms with van der Waals surface area (Å²) in [5.74, 6) is 2.11. The van der Waals surface area contributed by atoms with Gasteiger partial charge in [-0.3, -0.25) is 4.79 Å². The summed E-state index contributed by atoms with van der Waals surface area (Å²) in [6, 6.07) is 16.7. The molecule has 28 heavy (non-hydrogen) atoms. The number of carbonyl (C=O) groups excluding carboxylic acids is 1. The third-order valence-corrected chi connectivity index (χ3v) is 6.53. The van der Waals surface area contributed by atoms with Gasteiger partial charge < -0.3 is 14.8 Å². The molecule has 2 aromatic carbocycles. The first-order chi connectivity index (χ1) is 13.6. The lowest BCUT2D eigenvalue weighted by Gasteiger charge is -2.30. The number of hydrogen-bond donors (Lipinski definition) is 1. The molecule has 3 aromatic rings. The topological polar surface area (TPSA) is 50.2 Å². The number of aryl methyl sites for hydroxylation is 2. The summed E-state index contributed by atoms with van der Waals surface area (Å²) in [6.07, 6.45) is 0. The largest absolute Gasteiger partial charge is 0.333 e. The highest BCUT2D eigenvalue weighted by atomic mass is 16.2. The molecule has 0 unspecified atom stereocenters. The summed E-state index contributed by atoms with van der Waals surface area (Å²) in [5.41, 5.74) is 4.54. The standard InChI is InChI=1S/C23H26N4O/c1-15-7-3-4-8-18(15)23-19-12-24-11-17(19)13-27(23)22(28)14-26-16(2)25-20-9-5-6-10-21(20)26/h3-10,17,19,23-24H,11-14H2,1-2H3/t17-,19-,23+/m0/s1. The molecule has 1 amide bonds. The maximum absolute atomic E-state index is 13.5. The molecule has 5 rings (SSSR count). The van der Waals surface area contributed by atoms with Crippen LogP contribution in [0.4, 0.5) is 0 Å². The molecule has 5 heteroatoms. The Bertz CT molecular complexity index is 1040. The average molecular weight is 374 g/mol. The summed E-state index contributed by atoms with van der Waals surface area (Å²) < 4.78 is 2.05. The van der Waals surface area contributed by atoms with Gasteiger partial charge in [-0.05, 0) is 43.0 Å². The van der Waals surface area contributed by atoms with Crippen molar-refractivity contribution in [1.29, 1.82) is 0 Å². The zero-order valence-corrected chi connectivity index (χ0v) is 16.4. The minimum atomic E-state index is 0.156. The van der Waals surface area contributed by atoms with Gasteiger partial charge in [-0.2, -0.15) is 0 Å². The van der Waals surface area contributed by atoms with Gasteiger partial charge in [-0.25, -0.2) is 4.98 Å². The molecule has 2 aliphatic rings. The number of nitrogens with zero attached hydrogens (tertiary/aromatic N) is 3. The lowest BCUT2D eigenvalue weighted by molar-refractivity contribution is -0.133. The van der Waals surface area contributed by atoms with Gasteiger partial charge in [-0.1, -0.05) is 36.4 Å². The molecule has 3 heterocycles. The highest BCUT2D eigenvalue weighted by Gasteiger charge is 2.47. The Morgan fingerprint density at radius 2 is 1.89 bits per heavy atom. The van der Waals surface area contributed by atoms with E-state index in [-0.39, 0.29) is 11.9 Å². The number of hydrogen-bond acceptors (Lipinski definition) is 3. The van der Waals surface area contributed by atoms with Crippen molar-refractivity contribution in [3.8, 4) is 0 Å². The maximum atomic E-state index is 13.5. The number of aromatic nitrogens is 2. The Kier molecular flexibility index (Phi) is 4.20. The van der Waals surface area contributed by atoms with Gasteiger partial charge >= 0.3 is 0 Å². The van der Waals surface area contributed by atoms with Crippen molar-refractivity contribution in [2.45, 2.75) is 26.4 Å². The fraction of sp³-hybridized carbons (Fsp3) is 0.391. The summed E-state index contributed by atoms with van der Waals surface area (Å²) in [7, 11) is 0. The molecule has 0 saturated carbocycles. The van der Waals surface area contributed by atoms with E-state index in [1.165, 1.54) is 11.1 Å². The lowest BCUT2D eigenvalue weighted by atomic mass is 9.87. The van der Waals surface area contributed by atoms with E-state index in [1.807, 2.05) is 31.2 Å². The maximum Gasteiger partial charge on any atom is 0.243 e. The van der Waals surface area contributed by atoms with Gasteiger partial charge in [0.1, 0.15) is 12.4 Å². The first kappa shape index (κ1) is 17.4. The zero-order valence-electron chi connectivity index (χ0n) is 16.4. The van der Waals surface area contributed by atoms with Crippen LogP contribution >= 0.6 is 0 Å². The molecular formula is C23H26N4O. The van der Waals surface area contributed by atoms with Crippen LogP contribution in [0, 0.1) is 25.7 Å². The van der Waals surface area contributed by atoms with Crippen LogP contribution in [-0.4, -0.2) is 40.0 Å². The Hall–Kier alpha value is -2.66. The van der Waals surface area contributed by atoms with Crippen molar-refractivity contribution < 1.29 is 4.79 Å². The Morgan fingerprint density at radius 3 is 2.75 bits per heavy atom. The van der Waals surface area contributed by atoms with Gasteiger partial charge in [0, 0.05) is 25.6 Å². The van der Waals surface area contributed by atoms with E-state index in [0.717, 1.165) is 36.5 Å². The van der Waals surface area contributed by atoms with Crippen LogP contribution < -0.4 is 5.32 Å². The second-order valence-electron chi connectivity index (χ2n) is 8.16. The molecule has 2 aliphatic heterocycles. The van der Waals surface area contributed by atoms with Crippen LogP contribution in [-0.2, 0) is 11.3 Å². The number of benzene rings is 2. The van der Waals surface area contributed by atoms with E-state index >= 15 is 0 Å². The molecule has 0 bridgehead atoms. The number of nitrogens with one attached hydrogen (secondary N) is 1. The minimum Gasteiger partial charge on any atom is -0.333 e. The number of likely N-dealkylation sites (tertiary alicyclic amines) is 1. The highest BCUT2D eigenvalue weighted by molar-refractivity contribution is 5.81. The molecular weight excluding hydrogens is 348 g/mol. The third kappa shape index (κ3) is 2.73. The van der Waals surface area contributed by atoms with Gasteiger partial charge in [0.2, 0.25) is 5.91 Å². The number of fused-ring (bicyclic) bond motifs is 2. The number of imidazole rings is 1. The molecule has 0 spiro atoms. The fourth-order valence-corrected chi connectivity index (χ4v) is 5.12. The molecule has 0 aliphatic carbocycles. The molecule has 144 valence electrons. The Balaban J connectivity index is 1.49. The monoisotopic (exact) mass is 374 g/mol. The minimum absolute atomic E-state index is 0.156. The molecule has 2 fully saturated rings. The molecule has 3 atom stereocenters. The van der Waals surface area contributed by atoms with Crippen molar-refractivity contribution in [2.75, 3.05) is 19.6 Å². The second kappa shape index (κ2) is 6.74. The van der Waals surface area contributed by atoms with Crippen molar-refractivity contribution in [1.82, 2.24) is 19.8 Å².